The summed E-state index contributed by atoms with van der Waals surface area (Å²) in [6, 6.07) is 10.1. The van der Waals surface area contributed by atoms with Gasteiger partial charge in [0.25, 0.3) is 0 Å². The summed E-state index contributed by atoms with van der Waals surface area (Å²) < 4.78 is 11.1. The maximum atomic E-state index is 5.90. The second kappa shape index (κ2) is 9.07. The van der Waals surface area contributed by atoms with Crippen molar-refractivity contribution in [3.63, 3.8) is 0 Å². The summed E-state index contributed by atoms with van der Waals surface area (Å²) in [6.07, 6.45) is 0.834. The van der Waals surface area contributed by atoms with E-state index in [1.807, 2.05) is 38.1 Å². The zero-order valence-electron chi connectivity index (χ0n) is 15.5. The third-order valence-corrected chi connectivity index (χ3v) is 4.30. The van der Waals surface area contributed by atoms with Gasteiger partial charge in [-0.05, 0) is 39.3 Å². The van der Waals surface area contributed by atoms with Crippen molar-refractivity contribution in [1.29, 1.82) is 0 Å². The Kier molecular flexibility index (Phi) is 7.07. The summed E-state index contributed by atoms with van der Waals surface area (Å²) >= 11 is 0. The molecule has 0 radical (unpaired) electrons. The van der Waals surface area contributed by atoms with Crippen molar-refractivity contribution in [2.75, 3.05) is 13.6 Å². The molecule has 7 heteroatoms. The first kappa shape index (κ1) is 20.3. The maximum absolute atomic E-state index is 5.90. The van der Waals surface area contributed by atoms with Crippen LogP contribution in [0.4, 0.5) is 0 Å². The Balaban J connectivity index is 0.00000243. The largest absolute Gasteiger partial charge is 0.459 e. The normalized spacial score (nSPS) is 12.7. The number of hydrogen-bond donors (Lipinski definition) is 2. The van der Waals surface area contributed by atoms with Crippen LogP contribution in [0, 0.1) is 13.8 Å². The van der Waals surface area contributed by atoms with Crippen molar-refractivity contribution in [3.8, 4) is 0 Å². The number of rotatable bonds is 5. The molecule has 2 N–H and O–H groups in total. The maximum Gasteiger partial charge on any atom is 0.191 e. The van der Waals surface area contributed by atoms with Gasteiger partial charge < -0.3 is 19.6 Å². The van der Waals surface area contributed by atoms with E-state index >= 15 is 0 Å². The van der Waals surface area contributed by atoms with Crippen molar-refractivity contribution in [1.82, 2.24) is 15.8 Å². The quantitative estimate of drug-likeness (QED) is 0.335. The van der Waals surface area contributed by atoms with E-state index < -0.39 is 0 Å². The smallest absolute Gasteiger partial charge is 0.191 e. The van der Waals surface area contributed by atoms with Gasteiger partial charge in [0.15, 0.2) is 5.96 Å². The molecule has 6 nitrogen and oxygen atoms in total. The second-order valence-corrected chi connectivity index (χ2v) is 6.10. The molecule has 1 aromatic carbocycles. The van der Waals surface area contributed by atoms with Crippen LogP contribution in [0.5, 0.6) is 0 Å². The minimum Gasteiger partial charge on any atom is -0.459 e. The van der Waals surface area contributed by atoms with Crippen LogP contribution in [0.2, 0.25) is 0 Å². The zero-order chi connectivity index (χ0) is 17.8. The van der Waals surface area contributed by atoms with Gasteiger partial charge in [0.1, 0.15) is 17.1 Å². The average molecular weight is 468 g/mol. The Labute approximate surface area is 170 Å². The van der Waals surface area contributed by atoms with Crippen molar-refractivity contribution in [2.45, 2.75) is 33.2 Å². The fourth-order valence-electron chi connectivity index (χ4n) is 2.85. The summed E-state index contributed by atoms with van der Waals surface area (Å²) in [4.78, 5) is 4.28. The van der Waals surface area contributed by atoms with Crippen LogP contribution in [0.3, 0.4) is 0 Å². The molecule has 0 saturated carbocycles. The van der Waals surface area contributed by atoms with Gasteiger partial charge in [-0.25, -0.2) is 0 Å². The van der Waals surface area contributed by atoms with Gasteiger partial charge in [0.2, 0.25) is 0 Å². The summed E-state index contributed by atoms with van der Waals surface area (Å²) in [5, 5.41) is 11.8. The lowest BCUT2D eigenvalue weighted by atomic mass is 10.1. The molecule has 0 aliphatic rings. The predicted octanol–water partition coefficient (Wildman–Crippen LogP) is 4.12. The van der Waals surface area contributed by atoms with Crippen LogP contribution >= 0.6 is 24.0 Å². The first-order valence-electron chi connectivity index (χ1n) is 8.46. The van der Waals surface area contributed by atoms with E-state index in [-0.39, 0.29) is 30.0 Å². The van der Waals surface area contributed by atoms with Gasteiger partial charge in [-0.3, -0.25) is 4.99 Å². The molecule has 3 aromatic rings. The molecule has 1 unspecified atom stereocenters. The van der Waals surface area contributed by atoms with E-state index in [0.717, 1.165) is 52.7 Å². The minimum atomic E-state index is 0. The topological polar surface area (TPSA) is 75.6 Å². The Morgan fingerprint density at radius 1 is 1.27 bits per heavy atom. The van der Waals surface area contributed by atoms with Crippen LogP contribution in [-0.2, 0) is 6.42 Å². The third kappa shape index (κ3) is 4.57. The standard InChI is InChI=1S/C19H24N4O2.HI/c1-12-16(14(3)25-23-12)9-10-21-19(20-4)22-13(2)18-11-15-7-5-6-8-17(15)24-18;/h5-8,11,13H,9-10H2,1-4H3,(H2,20,21,22);1H. The predicted molar refractivity (Wildman–Crippen MR) is 114 cm³/mol. The molecule has 0 spiro atoms. The molecule has 140 valence electrons. The van der Waals surface area contributed by atoms with Crippen LogP contribution < -0.4 is 10.6 Å². The van der Waals surface area contributed by atoms with Crippen molar-refractivity contribution in [3.05, 3.63) is 53.1 Å². The summed E-state index contributed by atoms with van der Waals surface area (Å²) in [5.74, 6) is 2.49. The van der Waals surface area contributed by atoms with E-state index in [2.05, 4.69) is 33.8 Å². The Hall–Kier alpha value is -2.03. The molecule has 0 aliphatic carbocycles. The number of para-hydroxylation sites is 1. The van der Waals surface area contributed by atoms with E-state index in [0.29, 0.717) is 0 Å². The van der Waals surface area contributed by atoms with E-state index in [9.17, 15) is 0 Å². The lowest BCUT2D eigenvalue weighted by Gasteiger charge is -2.16. The molecule has 0 bridgehead atoms. The fraction of sp³-hybridized carbons (Fsp3) is 0.368. The van der Waals surface area contributed by atoms with Crippen LogP contribution in [0.1, 0.15) is 35.7 Å². The molecule has 2 heterocycles. The van der Waals surface area contributed by atoms with Crippen LogP contribution in [-0.4, -0.2) is 24.7 Å². The number of hydrogen-bond acceptors (Lipinski definition) is 4. The van der Waals surface area contributed by atoms with Gasteiger partial charge >= 0.3 is 0 Å². The molecule has 0 fully saturated rings. The number of halogens is 1. The SMILES string of the molecule is CN=C(NCCc1c(C)noc1C)NC(C)c1cc2ccccc2o1.I. The number of aryl methyl sites for hydroxylation is 2. The van der Waals surface area contributed by atoms with Crippen molar-refractivity contribution in [2.24, 2.45) is 4.99 Å². The molecular formula is C19H25IN4O2. The molecule has 0 aliphatic heterocycles. The molecular weight excluding hydrogens is 443 g/mol. The number of fused-ring (bicyclic) bond motifs is 1. The van der Waals surface area contributed by atoms with Gasteiger partial charge in [-0.2, -0.15) is 0 Å². The van der Waals surface area contributed by atoms with Crippen molar-refractivity contribution < 1.29 is 8.94 Å². The Morgan fingerprint density at radius 2 is 2.04 bits per heavy atom. The summed E-state index contributed by atoms with van der Waals surface area (Å²) in [7, 11) is 1.76. The van der Waals surface area contributed by atoms with Gasteiger partial charge in [-0.1, -0.05) is 23.4 Å². The number of nitrogens with one attached hydrogen (secondary N) is 2. The number of guanidine groups is 1. The summed E-state index contributed by atoms with van der Waals surface area (Å²) in [5.41, 5.74) is 2.98. The summed E-state index contributed by atoms with van der Waals surface area (Å²) in [6.45, 7) is 6.70. The minimum absolute atomic E-state index is 0. The highest BCUT2D eigenvalue weighted by atomic mass is 127. The lowest BCUT2D eigenvalue weighted by Crippen LogP contribution is -2.39. The lowest BCUT2D eigenvalue weighted by molar-refractivity contribution is 0.392. The average Bonchev–Trinajstić information content (AvgIpc) is 3.18. The molecule has 3 rings (SSSR count). The Morgan fingerprint density at radius 3 is 2.69 bits per heavy atom. The number of aliphatic imine (C=N–C) groups is 1. The van der Waals surface area contributed by atoms with Crippen LogP contribution in [0.25, 0.3) is 11.0 Å². The third-order valence-electron chi connectivity index (χ3n) is 4.30. The zero-order valence-corrected chi connectivity index (χ0v) is 17.8. The highest BCUT2D eigenvalue weighted by Gasteiger charge is 2.13. The first-order valence-corrected chi connectivity index (χ1v) is 8.46. The second-order valence-electron chi connectivity index (χ2n) is 6.10. The number of benzene rings is 1. The van der Waals surface area contributed by atoms with E-state index in [4.69, 9.17) is 8.94 Å². The molecule has 26 heavy (non-hydrogen) atoms. The number of aromatic nitrogens is 1. The van der Waals surface area contributed by atoms with Crippen LogP contribution in [0.15, 0.2) is 44.3 Å². The Bertz CT molecular complexity index is 832. The number of furan rings is 1. The highest BCUT2D eigenvalue weighted by molar-refractivity contribution is 14.0. The van der Waals surface area contributed by atoms with Crippen molar-refractivity contribution >= 4 is 40.9 Å². The monoisotopic (exact) mass is 468 g/mol. The van der Waals surface area contributed by atoms with E-state index in [1.54, 1.807) is 7.05 Å². The van der Waals surface area contributed by atoms with Gasteiger partial charge in [0, 0.05) is 24.5 Å². The highest BCUT2D eigenvalue weighted by Crippen LogP contribution is 2.23. The first-order chi connectivity index (χ1) is 12.1. The molecule has 0 saturated heterocycles. The molecule has 1 atom stereocenters. The fourth-order valence-corrected chi connectivity index (χ4v) is 2.85. The van der Waals surface area contributed by atoms with Gasteiger partial charge in [0.05, 0.1) is 11.7 Å². The number of nitrogens with zero attached hydrogens (tertiary/aromatic N) is 2. The van der Waals surface area contributed by atoms with E-state index in [1.165, 1.54) is 0 Å². The molecule has 0 amide bonds. The molecule has 2 aromatic heterocycles. The van der Waals surface area contributed by atoms with Gasteiger partial charge in [-0.15, -0.1) is 24.0 Å².